The highest BCUT2D eigenvalue weighted by molar-refractivity contribution is 5.97. The lowest BCUT2D eigenvalue weighted by atomic mass is 9.96. The summed E-state index contributed by atoms with van der Waals surface area (Å²) in [5.41, 5.74) is 9.81. The molecule has 1 heterocycles. The number of aryl methyl sites for hydroxylation is 1. The first kappa shape index (κ1) is 13.6. The predicted molar refractivity (Wildman–Crippen MR) is 81.8 cm³/mol. The zero-order valence-electron chi connectivity index (χ0n) is 12.3. The van der Waals surface area contributed by atoms with E-state index in [-0.39, 0.29) is 6.04 Å². The van der Waals surface area contributed by atoms with E-state index < -0.39 is 0 Å². The second-order valence-corrected chi connectivity index (χ2v) is 6.20. The fourth-order valence-corrected chi connectivity index (χ4v) is 3.00. The summed E-state index contributed by atoms with van der Waals surface area (Å²) in [6, 6.07) is 6.78. The number of amides is 1. The lowest BCUT2D eigenvalue weighted by Crippen LogP contribution is -2.36. The number of rotatable bonds is 4. The van der Waals surface area contributed by atoms with Gasteiger partial charge in [0.2, 0.25) is 5.91 Å². The predicted octanol–water partition coefficient (Wildman–Crippen LogP) is 2.66. The number of anilines is 1. The molecule has 0 bridgehead atoms. The minimum atomic E-state index is 0.237. The van der Waals surface area contributed by atoms with Crippen LogP contribution in [0.3, 0.4) is 0 Å². The molecular formula is C17H24N2O. The molecule has 0 saturated heterocycles. The van der Waals surface area contributed by atoms with E-state index in [1.165, 1.54) is 11.1 Å². The van der Waals surface area contributed by atoms with Crippen LogP contribution in [-0.4, -0.2) is 18.5 Å². The highest BCUT2D eigenvalue weighted by Crippen LogP contribution is 2.36. The molecule has 3 heteroatoms. The van der Waals surface area contributed by atoms with Crippen LogP contribution in [0.5, 0.6) is 0 Å². The van der Waals surface area contributed by atoms with Crippen molar-refractivity contribution in [1.29, 1.82) is 0 Å². The molecule has 3 rings (SSSR count). The largest absolute Gasteiger partial charge is 0.327 e. The molecule has 3 nitrogen and oxygen atoms in total. The normalized spacial score (nSPS) is 19.6. The van der Waals surface area contributed by atoms with Gasteiger partial charge in [0, 0.05) is 24.2 Å². The molecule has 1 aromatic carbocycles. The number of carbonyl (C=O) groups is 1. The molecular weight excluding hydrogens is 248 g/mol. The van der Waals surface area contributed by atoms with Crippen molar-refractivity contribution in [2.24, 2.45) is 11.7 Å². The Kier molecular flexibility index (Phi) is 3.79. The van der Waals surface area contributed by atoms with Gasteiger partial charge < -0.3 is 10.6 Å². The summed E-state index contributed by atoms with van der Waals surface area (Å²) in [6.45, 7) is 3.01. The molecule has 20 heavy (non-hydrogen) atoms. The third-order valence-electron chi connectivity index (χ3n) is 4.48. The van der Waals surface area contributed by atoms with Crippen LogP contribution < -0.4 is 10.6 Å². The van der Waals surface area contributed by atoms with Crippen molar-refractivity contribution in [3.63, 3.8) is 0 Å². The number of fused-ring (bicyclic) bond motifs is 1. The second-order valence-electron chi connectivity index (χ2n) is 6.20. The van der Waals surface area contributed by atoms with E-state index in [4.69, 9.17) is 5.73 Å². The molecule has 1 aliphatic carbocycles. The maximum absolute atomic E-state index is 12.3. The fourth-order valence-electron chi connectivity index (χ4n) is 3.00. The zero-order chi connectivity index (χ0) is 14.1. The Morgan fingerprint density at radius 3 is 2.95 bits per heavy atom. The van der Waals surface area contributed by atoms with E-state index in [1.54, 1.807) is 0 Å². The highest BCUT2D eigenvalue weighted by Gasteiger charge is 2.35. The average molecular weight is 272 g/mol. The summed E-state index contributed by atoms with van der Waals surface area (Å²) >= 11 is 0. The van der Waals surface area contributed by atoms with Gasteiger partial charge in [-0.2, -0.15) is 0 Å². The van der Waals surface area contributed by atoms with Crippen molar-refractivity contribution in [2.75, 3.05) is 11.4 Å². The molecule has 108 valence electrons. The van der Waals surface area contributed by atoms with E-state index >= 15 is 0 Å². The monoisotopic (exact) mass is 272 g/mol. The molecule has 0 aromatic heterocycles. The summed E-state index contributed by atoms with van der Waals surface area (Å²) in [5.74, 6) is 0.637. The Morgan fingerprint density at radius 2 is 2.25 bits per heavy atom. The van der Waals surface area contributed by atoms with Gasteiger partial charge in [0.05, 0.1) is 0 Å². The van der Waals surface area contributed by atoms with Gasteiger partial charge in [0.15, 0.2) is 0 Å². The van der Waals surface area contributed by atoms with Gasteiger partial charge in [-0.1, -0.05) is 19.1 Å². The Balaban J connectivity index is 1.81. The summed E-state index contributed by atoms with van der Waals surface area (Å²) in [5, 5.41) is 0. The number of nitrogens with two attached hydrogens (primary N) is 1. The van der Waals surface area contributed by atoms with Gasteiger partial charge in [-0.05, 0) is 55.7 Å². The quantitative estimate of drug-likeness (QED) is 0.916. The summed E-state index contributed by atoms with van der Waals surface area (Å²) in [4.78, 5) is 14.4. The molecule has 1 aromatic rings. The van der Waals surface area contributed by atoms with E-state index in [2.05, 4.69) is 25.1 Å². The molecule has 1 aliphatic heterocycles. The van der Waals surface area contributed by atoms with Crippen molar-refractivity contribution in [3.8, 4) is 0 Å². The molecule has 1 unspecified atom stereocenters. The second kappa shape index (κ2) is 5.57. The van der Waals surface area contributed by atoms with Gasteiger partial charge in [0.25, 0.3) is 0 Å². The van der Waals surface area contributed by atoms with E-state index in [0.29, 0.717) is 11.8 Å². The van der Waals surface area contributed by atoms with E-state index in [9.17, 15) is 4.79 Å². The Labute approximate surface area is 121 Å². The lowest BCUT2D eigenvalue weighted by molar-refractivity contribution is -0.119. The van der Waals surface area contributed by atoms with Crippen LogP contribution >= 0.6 is 0 Å². The van der Waals surface area contributed by atoms with Crippen LogP contribution in [0, 0.1) is 5.92 Å². The van der Waals surface area contributed by atoms with Gasteiger partial charge in [-0.3, -0.25) is 4.79 Å². The number of nitrogens with zero attached hydrogens (tertiary/aromatic N) is 1. The standard InChI is InChI=1S/C17H24N2O/c1-2-15(18)11-12-5-8-16-14(10-12)4-3-9-19(16)17(20)13-6-7-13/h5,8,10,13,15H,2-4,6-7,9,11,18H2,1H3. The molecule has 0 radical (unpaired) electrons. The van der Waals surface area contributed by atoms with Crippen LogP contribution in [0.1, 0.15) is 43.7 Å². The topological polar surface area (TPSA) is 46.3 Å². The minimum absolute atomic E-state index is 0.237. The summed E-state index contributed by atoms with van der Waals surface area (Å²) in [7, 11) is 0. The van der Waals surface area contributed by atoms with E-state index in [0.717, 1.165) is 50.8 Å². The first-order chi connectivity index (χ1) is 9.69. The number of carbonyl (C=O) groups excluding carboxylic acids is 1. The Morgan fingerprint density at radius 1 is 1.45 bits per heavy atom. The van der Waals surface area contributed by atoms with Gasteiger partial charge >= 0.3 is 0 Å². The van der Waals surface area contributed by atoms with Crippen molar-refractivity contribution in [1.82, 2.24) is 0 Å². The van der Waals surface area contributed by atoms with Crippen LogP contribution in [0.2, 0.25) is 0 Å². The average Bonchev–Trinajstić information content (AvgIpc) is 3.30. The third-order valence-corrected chi connectivity index (χ3v) is 4.48. The van der Waals surface area contributed by atoms with Crippen molar-refractivity contribution in [2.45, 2.75) is 51.5 Å². The Bertz CT molecular complexity index is 508. The van der Waals surface area contributed by atoms with Crippen molar-refractivity contribution < 1.29 is 4.79 Å². The van der Waals surface area contributed by atoms with Gasteiger partial charge in [-0.15, -0.1) is 0 Å². The van der Waals surface area contributed by atoms with Crippen LogP contribution in [0.4, 0.5) is 5.69 Å². The first-order valence-corrected chi connectivity index (χ1v) is 7.87. The van der Waals surface area contributed by atoms with Crippen LogP contribution in [0.15, 0.2) is 18.2 Å². The molecule has 0 spiro atoms. The fraction of sp³-hybridized carbons (Fsp3) is 0.588. The highest BCUT2D eigenvalue weighted by atomic mass is 16.2. The third kappa shape index (κ3) is 2.73. The molecule has 1 fully saturated rings. The summed E-state index contributed by atoms with van der Waals surface area (Å²) in [6.07, 6.45) is 6.25. The van der Waals surface area contributed by atoms with Gasteiger partial charge in [-0.25, -0.2) is 0 Å². The summed E-state index contributed by atoms with van der Waals surface area (Å²) < 4.78 is 0. The maximum Gasteiger partial charge on any atom is 0.230 e. The Hall–Kier alpha value is -1.35. The molecule has 2 aliphatic rings. The minimum Gasteiger partial charge on any atom is -0.327 e. The van der Waals surface area contributed by atoms with E-state index in [1.807, 2.05) is 4.90 Å². The SMILES string of the molecule is CCC(N)Cc1ccc2c(c1)CCCN2C(=O)C1CC1. The van der Waals surface area contributed by atoms with Crippen molar-refractivity contribution in [3.05, 3.63) is 29.3 Å². The van der Waals surface area contributed by atoms with Crippen LogP contribution in [-0.2, 0) is 17.6 Å². The molecule has 1 amide bonds. The molecule has 1 saturated carbocycles. The zero-order valence-corrected chi connectivity index (χ0v) is 12.3. The first-order valence-electron chi connectivity index (χ1n) is 7.87. The number of hydrogen-bond donors (Lipinski definition) is 1. The van der Waals surface area contributed by atoms with Crippen LogP contribution in [0.25, 0.3) is 0 Å². The maximum atomic E-state index is 12.3. The molecule has 2 N–H and O–H groups in total. The van der Waals surface area contributed by atoms with Gasteiger partial charge in [0.1, 0.15) is 0 Å². The lowest BCUT2D eigenvalue weighted by Gasteiger charge is -2.30. The van der Waals surface area contributed by atoms with Crippen molar-refractivity contribution >= 4 is 11.6 Å². The molecule has 1 atom stereocenters. The number of benzene rings is 1. The smallest absolute Gasteiger partial charge is 0.230 e. The number of hydrogen-bond acceptors (Lipinski definition) is 2.